The van der Waals surface area contributed by atoms with Crippen LogP contribution in [0.4, 0.5) is 11.6 Å². The fraction of sp³-hybridized carbons (Fsp3) is 0.333. The van der Waals surface area contributed by atoms with Crippen molar-refractivity contribution in [2.75, 3.05) is 36.5 Å². The minimum Gasteiger partial charge on any atom is -0.378 e. The lowest BCUT2D eigenvalue weighted by Crippen LogP contribution is -2.36. The molecule has 0 bridgehead atoms. The van der Waals surface area contributed by atoms with Crippen LogP contribution < -0.4 is 10.2 Å². The van der Waals surface area contributed by atoms with Gasteiger partial charge >= 0.3 is 0 Å². The fourth-order valence-electron chi connectivity index (χ4n) is 3.56. The molecule has 1 aliphatic carbocycles. The molecule has 3 aromatic rings. The number of nitrogens with zero attached hydrogens (tertiary/aromatic N) is 3. The molecule has 1 aromatic heterocycles. The first kappa shape index (κ1) is 17.5. The zero-order chi connectivity index (χ0) is 19.1. The Hall–Kier alpha value is -2.57. The van der Waals surface area contributed by atoms with Gasteiger partial charge in [-0.15, -0.1) is 11.6 Å². The summed E-state index contributed by atoms with van der Waals surface area (Å²) < 4.78 is 7.40. The maximum atomic E-state index is 12.5. The van der Waals surface area contributed by atoms with E-state index in [0.717, 1.165) is 43.0 Å². The van der Waals surface area contributed by atoms with Gasteiger partial charge in [0.05, 0.1) is 24.2 Å². The van der Waals surface area contributed by atoms with Crippen molar-refractivity contribution in [1.82, 2.24) is 9.55 Å². The van der Waals surface area contributed by atoms with Gasteiger partial charge in [-0.3, -0.25) is 14.7 Å². The van der Waals surface area contributed by atoms with Gasteiger partial charge in [0, 0.05) is 24.5 Å². The lowest BCUT2D eigenvalue weighted by atomic mass is 10.2. The lowest BCUT2D eigenvalue weighted by Gasteiger charge is -2.29. The number of morpholine rings is 1. The van der Waals surface area contributed by atoms with Crippen LogP contribution >= 0.6 is 11.6 Å². The van der Waals surface area contributed by atoms with Crippen molar-refractivity contribution in [1.29, 1.82) is 0 Å². The molecule has 5 rings (SSSR count). The van der Waals surface area contributed by atoms with Crippen molar-refractivity contribution < 1.29 is 9.53 Å². The van der Waals surface area contributed by atoms with E-state index in [9.17, 15) is 4.79 Å². The molecule has 6 nitrogen and oxygen atoms in total. The summed E-state index contributed by atoms with van der Waals surface area (Å²) in [6, 6.07) is 16.2. The van der Waals surface area contributed by atoms with E-state index >= 15 is 0 Å². The van der Waals surface area contributed by atoms with Gasteiger partial charge in [0.2, 0.25) is 11.9 Å². The number of para-hydroxylation sites is 2. The van der Waals surface area contributed by atoms with E-state index in [0.29, 0.717) is 18.8 Å². The average Bonchev–Trinajstić information content (AvgIpc) is 3.39. The molecular formula is C21H21ClN4O2. The molecular weight excluding hydrogens is 376 g/mol. The molecule has 0 unspecified atom stereocenters. The molecule has 0 radical (unpaired) electrons. The standard InChI is InChI=1S/C21H21ClN4O2/c22-21(9-10-21)19(27)24-20-23-17-3-1-2-4-18(17)26(20)16-7-5-15(6-8-16)25-11-13-28-14-12-25/h1-8H,9-14H2,(H,23,24,27). The number of anilines is 2. The Kier molecular flexibility index (Phi) is 4.25. The highest BCUT2D eigenvalue weighted by atomic mass is 35.5. The summed E-state index contributed by atoms with van der Waals surface area (Å²) in [5.41, 5.74) is 3.88. The molecule has 0 spiro atoms. The van der Waals surface area contributed by atoms with Gasteiger partial charge in [0.15, 0.2) is 0 Å². The van der Waals surface area contributed by atoms with E-state index in [1.807, 2.05) is 28.8 Å². The number of carbonyl (C=O) groups is 1. The number of amides is 1. The van der Waals surface area contributed by atoms with Crippen LogP contribution in [0.25, 0.3) is 16.7 Å². The minimum atomic E-state index is -0.775. The summed E-state index contributed by atoms with van der Waals surface area (Å²) in [5.74, 6) is 0.313. The van der Waals surface area contributed by atoms with Gasteiger partial charge < -0.3 is 9.64 Å². The van der Waals surface area contributed by atoms with Crippen molar-refractivity contribution in [3.05, 3.63) is 48.5 Å². The van der Waals surface area contributed by atoms with Gasteiger partial charge in [0.25, 0.3) is 0 Å². The highest BCUT2D eigenvalue weighted by Crippen LogP contribution is 2.43. The SMILES string of the molecule is O=C(Nc1nc2ccccc2n1-c1ccc(N2CCOCC2)cc1)C1(Cl)CC1. The molecule has 1 N–H and O–H groups in total. The van der Waals surface area contributed by atoms with Crippen LogP contribution in [0.1, 0.15) is 12.8 Å². The van der Waals surface area contributed by atoms with Gasteiger partial charge in [-0.2, -0.15) is 0 Å². The second-order valence-corrected chi connectivity index (χ2v) is 8.02. The first-order valence-corrected chi connectivity index (χ1v) is 9.93. The molecule has 1 saturated carbocycles. The van der Waals surface area contributed by atoms with Gasteiger partial charge in [-0.1, -0.05) is 12.1 Å². The highest BCUT2D eigenvalue weighted by Gasteiger charge is 2.48. The largest absolute Gasteiger partial charge is 0.378 e. The number of halogens is 1. The summed E-state index contributed by atoms with van der Waals surface area (Å²) >= 11 is 6.28. The van der Waals surface area contributed by atoms with Crippen molar-refractivity contribution in [2.45, 2.75) is 17.7 Å². The zero-order valence-electron chi connectivity index (χ0n) is 15.4. The van der Waals surface area contributed by atoms with Crippen molar-refractivity contribution in [3.8, 4) is 5.69 Å². The molecule has 1 amide bonds. The molecule has 144 valence electrons. The molecule has 1 saturated heterocycles. The molecule has 28 heavy (non-hydrogen) atoms. The number of rotatable bonds is 4. The zero-order valence-corrected chi connectivity index (χ0v) is 16.2. The number of nitrogens with one attached hydrogen (secondary N) is 1. The Morgan fingerprint density at radius 2 is 1.71 bits per heavy atom. The summed E-state index contributed by atoms with van der Waals surface area (Å²) in [7, 11) is 0. The maximum absolute atomic E-state index is 12.5. The van der Waals surface area contributed by atoms with Crippen LogP contribution in [-0.4, -0.2) is 46.6 Å². The number of alkyl halides is 1. The molecule has 0 atom stereocenters. The Labute approximate surface area is 168 Å². The number of benzene rings is 2. The molecule has 7 heteroatoms. The summed E-state index contributed by atoms with van der Waals surface area (Å²) in [6.07, 6.45) is 1.41. The van der Waals surface area contributed by atoms with Crippen LogP contribution in [0.5, 0.6) is 0 Å². The first-order chi connectivity index (χ1) is 13.6. The van der Waals surface area contributed by atoms with Crippen molar-refractivity contribution >= 4 is 40.2 Å². The first-order valence-electron chi connectivity index (χ1n) is 9.55. The topological polar surface area (TPSA) is 59.4 Å². The highest BCUT2D eigenvalue weighted by molar-refractivity contribution is 6.38. The van der Waals surface area contributed by atoms with Gasteiger partial charge in [0.1, 0.15) is 4.87 Å². The second kappa shape index (κ2) is 6.79. The lowest BCUT2D eigenvalue weighted by molar-refractivity contribution is -0.116. The summed E-state index contributed by atoms with van der Waals surface area (Å²) in [4.78, 5) is 18.7. The third-order valence-corrected chi connectivity index (χ3v) is 5.92. The Morgan fingerprint density at radius 1 is 1.04 bits per heavy atom. The van der Waals surface area contributed by atoms with E-state index < -0.39 is 4.87 Å². The van der Waals surface area contributed by atoms with Crippen molar-refractivity contribution in [3.63, 3.8) is 0 Å². The normalized spacial score (nSPS) is 18.2. The molecule has 2 aliphatic rings. The quantitative estimate of drug-likeness (QED) is 0.685. The molecule has 1 aliphatic heterocycles. The van der Waals surface area contributed by atoms with Crippen LogP contribution in [0, 0.1) is 0 Å². The van der Waals surface area contributed by atoms with E-state index in [2.05, 4.69) is 39.5 Å². The van der Waals surface area contributed by atoms with Crippen molar-refractivity contribution in [2.24, 2.45) is 0 Å². The van der Waals surface area contributed by atoms with E-state index in [1.54, 1.807) is 0 Å². The average molecular weight is 397 g/mol. The predicted molar refractivity (Wildman–Crippen MR) is 111 cm³/mol. The van der Waals surface area contributed by atoms with Crippen LogP contribution in [0.15, 0.2) is 48.5 Å². The number of hydrogen-bond donors (Lipinski definition) is 1. The Balaban J connectivity index is 1.51. The number of hydrogen-bond acceptors (Lipinski definition) is 4. The van der Waals surface area contributed by atoms with Crippen LogP contribution in [-0.2, 0) is 9.53 Å². The van der Waals surface area contributed by atoms with E-state index in [1.165, 1.54) is 5.69 Å². The number of fused-ring (bicyclic) bond motifs is 1. The van der Waals surface area contributed by atoms with E-state index in [4.69, 9.17) is 16.3 Å². The number of ether oxygens (including phenoxy) is 1. The van der Waals surface area contributed by atoms with Gasteiger partial charge in [-0.05, 0) is 49.2 Å². The third kappa shape index (κ3) is 3.12. The second-order valence-electron chi connectivity index (χ2n) is 7.29. The fourth-order valence-corrected chi connectivity index (χ4v) is 3.70. The van der Waals surface area contributed by atoms with E-state index in [-0.39, 0.29) is 5.91 Å². The number of aromatic nitrogens is 2. The Bertz CT molecular complexity index is 1020. The van der Waals surface area contributed by atoms with Crippen LogP contribution in [0.2, 0.25) is 0 Å². The smallest absolute Gasteiger partial charge is 0.247 e. The third-order valence-electron chi connectivity index (χ3n) is 5.37. The summed E-state index contributed by atoms with van der Waals surface area (Å²) in [5, 5.41) is 2.93. The maximum Gasteiger partial charge on any atom is 0.247 e. The number of imidazole rings is 1. The molecule has 2 fully saturated rings. The Morgan fingerprint density at radius 3 is 2.43 bits per heavy atom. The monoisotopic (exact) mass is 396 g/mol. The van der Waals surface area contributed by atoms with Gasteiger partial charge in [-0.25, -0.2) is 4.98 Å². The van der Waals surface area contributed by atoms with Crippen LogP contribution in [0.3, 0.4) is 0 Å². The summed E-state index contributed by atoms with van der Waals surface area (Å²) in [6.45, 7) is 3.30. The molecule has 2 heterocycles. The molecule has 2 aromatic carbocycles. The predicted octanol–water partition coefficient (Wildman–Crippen LogP) is 3.57. The minimum absolute atomic E-state index is 0.185. The number of carbonyl (C=O) groups excluding carboxylic acids is 1.